The van der Waals surface area contributed by atoms with E-state index in [0.717, 1.165) is 0 Å². The number of fused-ring (bicyclic) bond motifs is 1. The fourth-order valence-corrected chi connectivity index (χ4v) is 2.17. The molecule has 3 nitrogen and oxygen atoms in total. The third-order valence-electron chi connectivity index (χ3n) is 3.05. The molecule has 0 aliphatic carbocycles. The fraction of sp³-hybridized carbons (Fsp3) is 0.462. The zero-order valence-electron chi connectivity index (χ0n) is 10.6. The van der Waals surface area contributed by atoms with Crippen LogP contribution < -0.4 is 4.74 Å². The highest BCUT2D eigenvalue weighted by atomic mass is 19.4. The molecule has 0 aromatic heterocycles. The van der Waals surface area contributed by atoms with Crippen LogP contribution in [0.5, 0.6) is 5.75 Å². The molecule has 1 aliphatic heterocycles. The number of hydrogen-bond acceptors (Lipinski definition) is 2. The van der Waals surface area contributed by atoms with Crippen molar-refractivity contribution in [2.24, 2.45) is 0 Å². The van der Waals surface area contributed by atoms with Crippen molar-refractivity contribution in [3.8, 4) is 5.75 Å². The molecule has 0 bridgehead atoms. The lowest BCUT2D eigenvalue weighted by atomic mass is 9.98. The Hall–Kier alpha value is -1.72. The summed E-state index contributed by atoms with van der Waals surface area (Å²) in [5.74, 6) is -0.424. The van der Waals surface area contributed by atoms with Crippen molar-refractivity contribution in [1.29, 1.82) is 0 Å². The second-order valence-corrected chi connectivity index (χ2v) is 4.71. The molecule has 1 heterocycles. The Balaban J connectivity index is 2.27. The number of alkyl halides is 3. The van der Waals surface area contributed by atoms with Gasteiger partial charge in [-0.3, -0.25) is 4.79 Å². The van der Waals surface area contributed by atoms with Crippen molar-refractivity contribution < 1.29 is 22.7 Å². The van der Waals surface area contributed by atoms with E-state index in [1.807, 2.05) is 13.8 Å². The topological polar surface area (TPSA) is 29.5 Å². The van der Waals surface area contributed by atoms with Crippen molar-refractivity contribution in [2.45, 2.75) is 32.7 Å². The van der Waals surface area contributed by atoms with E-state index in [4.69, 9.17) is 0 Å². The van der Waals surface area contributed by atoms with Gasteiger partial charge in [0.25, 0.3) is 5.91 Å². The van der Waals surface area contributed by atoms with Crippen LogP contribution in [0, 0.1) is 0 Å². The van der Waals surface area contributed by atoms with E-state index in [2.05, 4.69) is 4.74 Å². The minimum atomic E-state index is -4.71. The molecular weight excluding hydrogens is 259 g/mol. The van der Waals surface area contributed by atoms with Gasteiger partial charge in [-0.2, -0.15) is 0 Å². The molecule has 0 fully saturated rings. The SMILES string of the molecule is CC(C)N1CCc2cc(OC(F)(F)F)ccc2C1=O. The van der Waals surface area contributed by atoms with Crippen LogP contribution in [0.4, 0.5) is 13.2 Å². The number of hydrogen-bond donors (Lipinski definition) is 0. The van der Waals surface area contributed by atoms with E-state index in [0.29, 0.717) is 24.1 Å². The summed E-state index contributed by atoms with van der Waals surface area (Å²) in [5.41, 5.74) is 1.05. The van der Waals surface area contributed by atoms with Crippen LogP contribution in [0.1, 0.15) is 29.8 Å². The smallest absolute Gasteiger partial charge is 0.406 e. The maximum absolute atomic E-state index is 12.1. The first-order valence-corrected chi connectivity index (χ1v) is 5.97. The summed E-state index contributed by atoms with van der Waals surface area (Å²) in [7, 11) is 0. The normalized spacial score (nSPS) is 15.7. The number of rotatable bonds is 2. The first-order valence-electron chi connectivity index (χ1n) is 5.97. The Morgan fingerprint density at radius 1 is 1.32 bits per heavy atom. The van der Waals surface area contributed by atoms with Gasteiger partial charge < -0.3 is 9.64 Å². The number of nitrogens with zero attached hydrogens (tertiary/aromatic N) is 1. The average molecular weight is 273 g/mol. The van der Waals surface area contributed by atoms with Gasteiger partial charge in [0.15, 0.2) is 0 Å². The van der Waals surface area contributed by atoms with Crippen molar-refractivity contribution in [3.05, 3.63) is 29.3 Å². The number of benzene rings is 1. The van der Waals surface area contributed by atoms with Crippen LogP contribution in [-0.4, -0.2) is 29.8 Å². The number of amides is 1. The zero-order chi connectivity index (χ0) is 14.2. The minimum absolute atomic E-state index is 0.0757. The zero-order valence-corrected chi connectivity index (χ0v) is 10.6. The monoisotopic (exact) mass is 273 g/mol. The molecule has 0 saturated carbocycles. The van der Waals surface area contributed by atoms with Crippen LogP contribution in [0.2, 0.25) is 0 Å². The summed E-state index contributed by atoms with van der Waals surface area (Å²) >= 11 is 0. The summed E-state index contributed by atoms with van der Waals surface area (Å²) < 4.78 is 40.2. The Morgan fingerprint density at radius 3 is 2.58 bits per heavy atom. The summed E-state index contributed by atoms with van der Waals surface area (Å²) in [4.78, 5) is 13.8. The summed E-state index contributed by atoms with van der Waals surface area (Å²) in [6, 6.07) is 3.94. The Morgan fingerprint density at radius 2 is 2.00 bits per heavy atom. The van der Waals surface area contributed by atoms with E-state index >= 15 is 0 Å². The second-order valence-electron chi connectivity index (χ2n) is 4.71. The highest BCUT2D eigenvalue weighted by Gasteiger charge is 2.32. The van der Waals surface area contributed by atoms with E-state index in [1.165, 1.54) is 18.2 Å². The first kappa shape index (κ1) is 13.7. The quantitative estimate of drug-likeness (QED) is 0.829. The molecule has 1 aromatic carbocycles. The van der Waals surface area contributed by atoms with Crippen molar-refractivity contribution in [2.75, 3.05) is 6.54 Å². The molecule has 0 N–H and O–H groups in total. The highest BCUT2D eigenvalue weighted by Crippen LogP contribution is 2.28. The van der Waals surface area contributed by atoms with Crippen molar-refractivity contribution in [3.63, 3.8) is 0 Å². The molecule has 6 heteroatoms. The Bertz CT molecular complexity index is 497. The summed E-state index contributed by atoms with van der Waals surface area (Å²) in [6.07, 6.45) is -4.18. The fourth-order valence-electron chi connectivity index (χ4n) is 2.17. The largest absolute Gasteiger partial charge is 0.573 e. The van der Waals surface area contributed by atoms with E-state index in [-0.39, 0.29) is 17.7 Å². The van der Waals surface area contributed by atoms with Crippen molar-refractivity contribution >= 4 is 5.91 Å². The van der Waals surface area contributed by atoms with Gasteiger partial charge in [-0.1, -0.05) is 0 Å². The maximum Gasteiger partial charge on any atom is 0.573 e. The van der Waals surface area contributed by atoms with E-state index in [9.17, 15) is 18.0 Å². The van der Waals surface area contributed by atoms with Crippen LogP contribution in [0.15, 0.2) is 18.2 Å². The molecule has 1 amide bonds. The van der Waals surface area contributed by atoms with Crippen molar-refractivity contribution in [1.82, 2.24) is 4.90 Å². The number of ether oxygens (including phenoxy) is 1. The molecule has 0 unspecified atom stereocenters. The molecule has 1 aliphatic rings. The van der Waals surface area contributed by atoms with Gasteiger partial charge in [0.1, 0.15) is 5.75 Å². The van der Waals surface area contributed by atoms with Gasteiger partial charge in [-0.05, 0) is 44.0 Å². The van der Waals surface area contributed by atoms with Gasteiger partial charge >= 0.3 is 6.36 Å². The van der Waals surface area contributed by atoms with Crippen LogP contribution >= 0.6 is 0 Å². The van der Waals surface area contributed by atoms with Crippen LogP contribution in [-0.2, 0) is 6.42 Å². The van der Waals surface area contributed by atoms with Crippen LogP contribution in [0.25, 0.3) is 0 Å². The first-order chi connectivity index (χ1) is 8.78. The summed E-state index contributed by atoms with van der Waals surface area (Å²) in [5, 5.41) is 0. The lowest BCUT2D eigenvalue weighted by Crippen LogP contribution is -2.42. The molecule has 2 rings (SSSR count). The number of carbonyl (C=O) groups is 1. The molecule has 0 atom stereocenters. The molecular formula is C13H14F3NO2. The second kappa shape index (κ2) is 4.75. The highest BCUT2D eigenvalue weighted by molar-refractivity contribution is 5.97. The third-order valence-corrected chi connectivity index (χ3v) is 3.05. The predicted molar refractivity (Wildman–Crippen MR) is 63.0 cm³/mol. The standard InChI is InChI=1S/C13H14F3NO2/c1-8(2)17-6-5-9-7-10(19-13(14,15)16)3-4-11(9)12(17)18/h3-4,7-8H,5-6H2,1-2H3. The predicted octanol–water partition coefficient (Wildman–Crippen LogP) is 2.99. The molecule has 1 aromatic rings. The van der Waals surface area contributed by atoms with Gasteiger partial charge in [0, 0.05) is 18.2 Å². The Labute approximate surface area is 109 Å². The van der Waals surface area contributed by atoms with Gasteiger partial charge in [0.2, 0.25) is 0 Å². The Kier molecular flexibility index (Phi) is 3.43. The molecule has 104 valence electrons. The van der Waals surface area contributed by atoms with Gasteiger partial charge in [-0.25, -0.2) is 0 Å². The van der Waals surface area contributed by atoms with Gasteiger partial charge in [0.05, 0.1) is 0 Å². The molecule has 0 saturated heterocycles. The molecule has 0 spiro atoms. The minimum Gasteiger partial charge on any atom is -0.406 e. The molecule has 0 radical (unpaired) electrons. The lowest BCUT2D eigenvalue weighted by Gasteiger charge is -2.32. The maximum atomic E-state index is 12.1. The molecule has 19 heavy (non-hydrogen) atoms. The van der Waals surface area contributed by atoms with E-state index < -0.39 is 6.36 Å². The lowest BCUT2D eigenvalue weighted by molar-refractivity contribution is -0.274. The third kappa shape index (κ3) is 3.00. The van der Waals surface area contributed by atoms with Crippen LogP contribution in [0.3, 0.4) is 0 Å². The number of halogens is 3. The van der Waals surface area contributed by atoms with E-state index in [1.54, 1.807) is 4.90 Å². The van der Waals surface area contributed by atoms with Gasteiger partial charge in [-0.15, -0.1) is 13.2 Å². The number of carbonyl (C=O) groups excluding carboxylic acids is 1. The average Bonchev–Trinajstić information content (AvgIpc) is 2.26. The summed E-state index contributed by atoms with van der Waals surface area (Å²) in [6.45, 7) is 4.33.